The van der Waals surface area contributed by atoms with E-state index in [9.17, 15) is 9.59 Å². The Hall–Kier alpha value is -1.52. The zero-order valence-corrected chi connectivity index (χ0v) is 6.03. The fraction of sp³-hybridized carbons (Fsp3) is 0.333. The van der Waals surface area contributed by atoms with E-state index in [4.69, 9.17) is 4.84 Å². The molecule has 1 heterocycles. The molecular weight excluding hydrogens is 148 g/mol. The highest BCUT2D eigenvalue weighted by Gasteiger charge is 1.96. The second kappa shape index (κ2) is 3.05. The number of H-pyrrole nitrogens is 1. The van der Waals surface area contributed by atoms with Crippen LogP contribution in [0, 0.1) is 0 Å². The third-order valence-corrected chi connectivity index (χ3v) is 1.08. The van der Waals surface area contributed by atoms with Crippen molar-refractivity contribution in [2.75, 3.05) is 6.61 Å². The van der Waals surface area contributed by atoms with Gasteiger partial charge in [-0.3, -0.25) is 4.79 Å². The van der Waals surface area contributed by atoms with Gasteiger partial charge < -0.3 is 9.82 Å². The van der Waals surface area contributed by atoms with E-state index in [-0.39, 0.29) is 6.61 Å². The monoisotopic (exact) mass is 156 g/mol. The van der Waals surface area contributed by atoms with Crippen LogP contribution in [0.25, 0.3) is 0 Å². The Bertz CT molecular complexity index is 310. The van der Waals surface area contributed by atoms with Gasteiger partial charge in [0, 0.05) is 12.3 Å². The molecule has 0 aliphatic rings. The largest absolute Gasteiger partial charge is 0.406 e. The summed E-state index contributed by atoms with van der Waals surface area (Å²) in [7, 11) is 0. The predicted molar refractivity (Wildman–Crippen MR) is 38.4 cm³/mol. The first-order chi connectivity index (χ1) is 5.25. The Morgan fingerprint density at radius 1 is 1.64 bits per heavy atom. The molecule has 60 valence electrons. The molecule has 5 nitrogen and oxygen atoms in total. The van der Waals surface area contributed by atoms with Crippen LogP contribution in [0.15, 0.2) is 21.9 Å². The lowest BCUT2D eigenvalue weighted by Gasteiger charge is -2.01. The van der Waals surface area contributed by atoms with Crippen molar-refractivity contribution in [3.8, 4) is 0 Å². The van der Waals surface area contributed by atoms with Gasteiger partial charge in [-0.15, -0.1) is 0 Å². The molecule has 0 bridgehead atoms. The number of nitrogens with one attached hydrogen (secondary N) is 1. The Kier molecular flexibility index (Phi) is 2.10. The highest BCUT2D eigenvalue weighted by molar-refractivity contribution is 4.80. The first-order valence-corrected chi connectivity index (χ1v) is 3.19. The van der Waals surface area contributed by atoms with Crippen molar-refractivity contribution in [2.45, 2.75) is 6.92 Å². The average Bonchev–Trinajstić information content (AvgIpc) is 1.97. The maximum atomic E-state index is 10.8. The molecule has 0 aromatic carbocycles. The molecule has 0 aliphatic carbocycles. The zero-order chi connectivity index (χ0) is 8.27. The Morgan fingerprint density at radius 3 is 2.91 bits per heavy atom. The van der Waals surface area contributed by atoms with Gasteiger partial charge in [0.1, 0.15) is 6.61 Å². The van der Waals surface area contributed by atoms with E-state index >= 15 is 0 Å². The summed E-state index contributed by atoms with van der Waals surface area (Å²) in [5, 5.41) is 0. The molecule has 0 atom stereocenters. The normalized spacial score (nSPS) is 9.55. The summed E-state index contributed by atoms with van der Waals surface area (Å²) in [6.45, 7) is 1.98. The molecule has 0 saturated carbocycles. The van der Waals surface area contributed by atoms with Gasteiger partial charge in [-0.25, -0.2) is 4.79 Å². The molecule has 1 rings (SSSR count). The number of nitrogens with zero attached hydrogens (tertiary/aromatic N) is 1. The van der Waals surface area contributed by atoms with E-state index in [0.717, 1.165) is 0 Å². The highest BCUT2D eigenvalue weighted by Crippen LogP contribution is 1.63. The number of rotatable bonds is 2. The van der Waals surface area contributed by atoms with Crippen molar-refractivity contribution in [1.29, 1.82) is 0 Å². The Morgan fingerprint density at radius 2 is 2.36 bits per heavy atom. The average molecular weight is 156 g/mol. The van der Waals surface area contributed by atoms with E-state index in [1.807, 2.05) is 0 Å². The van der Waals surface area contributed by atoms with Crippen LogP contribution in [0.4, 0.5) is 0 Å². The van der Waals surface area contributed by atoms with Gasteiger partial charge in [-0.2, -0.15) is 0 Å². The molecule has 0 fully saturated rings. The smallest absolute Gasteiger partial charge is 0.361 e. The van der Waals surface area contributed by atoms with Crippen LogP contribution >= 0.6 is 0 Å². The van der Waals surface area contributed by atoms with Crippen LogP contribution in [0.5, 0.6) is 0 Å². The van der Waals surface area contributed by atoms with Crippen LogP contribution in [0.2, 0.25) is 0 Å². The summed E-state index contributed by atoms with van der Waals surface area (Å²) in [5.41, 5.74) is -1.02. The van der Waals surface area contributed by atoms with Crippen molar-refractivity contribution >= 4 is 0 Å². The quantitative estimate of drug-likeness (QED) is 0.596. The molecular formula is C6H8N2O3. The molecule has 1 aromatic heterocycles. The second-order valence-electron chi connectivity index (χ2n) is 1.83. The van der Waals surface area contributed by atoms with E-state index in [0.29, 0.717) is 4.73 Å². The Labute approximate surface area is 62.2 Å². The van der Waals surface area contributed by atoms with Crippen LogP contribution < -0.4 is 16.1 Å². The topological polar surface area (TPSA) is 64.1 Å². The molecule has 0 aliphatic heterocycles. The summed E-state index contributed by atoms with van der Waals surface area (Å²) >= 11 is 0. The Balaban J connectivity index is 3.22. The fourth-order valence-corrected chi connectivity index (χ4v) is 0.662. The number of aromatic amines is 1. The summed E-state index contributed by atoms with van der Waals surface area (Å²) < 4.78 is 0.681. The molecule has 0 radical (unpaired) electrons. The van der Waals surface area contributed by atoms with E-state index in [1.165, 1.54) is 12.3 Å². The third kappa shape index (κ3) is 1.49. The number of hydrogen-bond donors (Lipinski definition) is 1. The van der Waals surface area contributed by atoms with Crippen molar-refractivity contribution in [2.24, 2.45) is 0 Å². The van der Waals surface area contributed by atoms with E-state index < -0.39 is 11.2 Å². The van der Waals surface area contributed by atoms with Crippen LogP contribution in [0.1, 0.15) is 6.92 Å². The lowest BCUT2D eigenvalue weighted by Crippen LogP contribution is -2.38. The number of aromatic nitrogens is 2. The fourth-order valence-electron chi connectivity index (χ4n) is 0.662. The third-order valence-electron chi connectivity index (χ3n) is 1.08. The van der Waals surface area contributed by atoms with Gasteiger partial charge in [0.05, 0.1) is 0 Å². The van der Waals surface area contributed by atoms with Gasteiger partial charge in [0.15, 0.2) is 0 Å². The summed E-state index contributed by atoms with van der Waals surface area (Å²) in [6.07, 6.45) is 1.28. The summed E-state index contributed by atoms with van der Waals surface area (Å²) in [4.78, 5) is 28.7. The van der Waals surface area contributed by atoms with E-state index in [2.05, 4.69) is 4.98 Å². The zero-order valence-electron chi connectivity index (χ0n) is 6.03. The lowest BCUT2D eigenvalue weighted by molar-refractivity contribution is 0.102. The second-order valence-corrected chi connectivity index (χ2v) is 1.83. The molecule has 0 amide bonds. The SMILES string of the molecule is CCOn1c(=O)cc[nH]c1=O. The molecule has 0 saturated heterocycles. The van der Waals surface area contributed by atoms with Crippen molar-refractivity contribution < 1.29 is 4.84 Å². The molecule has 1 N–H and O–H groups in total. The maximum absolute atomic E-state index is 10.8. The van der Waals surface area contributed by atoms with Gasteiger partial charge in [0.25, 0.3) is 5.56 Å². The lowest BCUT2D eigenvalue weighted by atomic mass is 10.7. The summed E-state index contributed by atoms with van der Waals surface area (Å²) in [5.74, 6) is 0. The summed E-state index contributed by atoms with van der Waals surface area (Å²) in [6, 6.07) is 1.22. The highest BCUT2D eigenvalue weighted by atomic mass is 16.7. The predicted octanol–water partition coefficient (Wildman–Crippen LogP) is -1.01. The molecule has 1 aromatic rings. The van der Waals surface area contributed by atoms with Gasteiger partial charge in [-0.05, 0) is 6.92 Å². The molecule has 0 unspecified atom stereocenters. The van der Waals surface area contributed by atoms with Crippen LogP contribution in [-0.2, 0) is 0 Å². The standard InChI is InChI=1S/C6H8N2O3/c1-2-11-8-5(9)3-4-7-6(8)10/h3-4H,2H2,1H3,(H,7,10). The van der Waals surface area contributed by atoms with Crippen molar-refractivity contribution in [1.82, 2.24) is 9.71 Å². The molecule has 11 heavy (non-hydrogen) atoms. The first-order valence-electron chi connectivity index (χ1n) is 3.19. The maximum Gasteiger partial charge on any atom is 0.361 e. The minimum atomic E-state index is -0.556. The first kappa shape index (κ1) is 7.59. The van der Waals surface area contributed by atoms with Gasteiger partial charge in [-0.1, -0.05) is 4.73 Å². The molecule has 0 spiro atoms. The van der Waals surface area contributed by atoms with Crippen LogP contribution in [0.3, 0.4) is 0 Å². The molecule has 5 heteroatoms. The number of hydrogen-bond acceptors (Lipinski definition) is 3. The van der Waals surface area contributed by atoms with Crippen LogP contribution in [-0.4, -0.2) is 16.3 Å². The minimum Gasteiger partial charge on any atom is -0.406 e. The van der Waals surface area contributed by atoms with Gasteiger partial charge >= 0.3 is 5.69 Å². The van der Waals surface area contributed by atoms with E-state index in [1.54, 1.807) is 6.92 Å². The van der Waals surface area contributed by atoms with Gasteiger partial charge in [0.2, 0.25) is 0 Å². The minimum absolute atomic E-state index is 0.285. The van der Waals surface area contributed by atoms with Crippen molar-refractivity contribution in [3.05, 3.63) is 33.1 Å². The van der Waals surface area contributed by atoms with Crippen molar-refractivity contribution in [3.63, 3.8) is 0 Å².